The molecule has 1 aromatic heterocycles. The van der Waals surface area contributed by atoms with Gasteiger partial charge in [0.1, 0.15) is 6.04 Å². The van der Waals surface area contributed by atoms with Crippen LogP contribution in [0.3, 0.4) is 0 Å². The minimum Gasteiger partial charge on any atom is -0.480 e. The molecule has 0 saturated carbocycles. The van der Waals surface area contributed by atoms with E-state index in [2.05, 4.69) is 10.6 Å². The van der Waals surface area contributed by atoms with Gasteiger partial charge in [-0.15, -0.1) is 11.3 Å². The summed E-state index contributed by atoms with van der Waals surface area (Å²) in [5.74, 6) is -1.08. The van der Waals surface area contributed by atoms with Crippen LogP contribution in [0.4, 0.5) is 4.79 Å². The summed E-state index contributed by atoms with van der Waals surface area (Å²) in [6, 6.07) is 1.91. The van der Waals surface area contributed by atoms with E-state index in [9.17, 15) is 9.59 Å². The maximum atomic E-state index is 11.4. The number of nitrogens with one attached hydrogen (secondary N) is 2. The highest BCUT2D eigenvalue weighted by molar-refractivity contribution is 7.16. The molecule has 0 radical (unpaired) electrons. The molecular weight excluding hydrogens is 264 g/mol. The first kappa shape index (κ1) is 13.8. The number of hydrogen-bond donors (Lipinski definition) is 3. The van der Waals surface area contributed by atoms with Crippen molar-refractivity contribution in [1.29, 1.82) is 0 Å². The Morgan fingerprint density at radius 2 is 2.00 bits per heavy atom. The summed E-state index contributed by atoms with van der Waals surface area (Å²) in [7, 11) is 0. The van der Waals surface area contributed by atoms with Crippen molar-refractivity contribution in [1.82, 2.24) is 10.6 Å². The topological polar surface area (TPSA) is 78.4 Å². The van der Waals surface area contributed by atoms with E-state index in [1.54, 1.807) is 13.0 Å². The van der Waals surface area contributed by atoms with Crippen LogP contribution in [0.2, 0.25) is 4.34 Å². The first-order valence-corrected chi connectivity index (χ1v) is 6.14. The number of amides is 2. The maximum absolute atomic E-state index is 11.4. The minimum absolute atomic E-state index is 0.214. The molecule has 94 valence electrons. The first-order chi connectivity index (χ1) is 7.90. The average Bonchev–Trinajstić information content (AvgIpc) is 2.64. The van der Waals surface area contributed by atoms with Crippen molar-refractivity contribution in [2.45, 2.75) is 25.9 Å². The van der Waals surface area contributed by atoms with Gasteiger partial charge in [0, 0.05) is 4.88 Å². The Morgan fingerprint density at radius 1 is 1.35 bits per heavy atom. The van der Waals surface area contributed by atoms with Crippen molar-refractivity contribution in [2.75, 3.05) is 0 Å². The van der Waals surface area contributed by atoms with Crippen molar-refractivity contribution < 1.29 is 14.7 Å². The Balaban J connectivity index is 2.49. The number of carbonyl (C=O) groups excluding carboxylic acids is 1. The number of carboxylic acids is 1. The van der Waals surface area contributed by atoms with Crippen LogP contribution in [0.5, 0.6) is 0 Å². The molecule has 1 heterocycles. The van der Waals surface area contributed by atoms with Crippen molar-refractivity contribution in [3.63, 3.8) is 0 Å². The van der Waals surface area contributed by atoms with Crippen molar-refractivity contribution in [3.8, 4) is 0 Å². The third kappa shape index (κ3) is 4.24. The van der Waals surface area contributed by atoms with Gasteiger partial charge in [-0.3, -0.25) is 4.79 Å². The second-order valence-corrected chi connectivity index (χ2v) is 5.29. The molecule has 2 atom stereocenters. The molecule has 0 aromatic carbocycles. The zero-order valence-electron chi connectivity index (χ0n) is 9.36. The lowest BCUT2D eigenvalue weighted by molar-refractivity contribution is -0.138. The molecule has 3 N–H and O–H groups in total. The van der Waals surface area contributed by atoms with Crippen LogP contribution in [0.25, 0.3) is 0 Å². The van der Waals surface area contributed by atoms with Crippen molar-refractivity contribution in [3.05, 3.63) is 21.3 Å². The van der Waals surface area contributed by atoms with Crippen molar-refractivity contribution in [2.24, 2.45) is 0 Å². The van der Waals surface area contributed by atoms with Crippen LogP contribution in [0.15, 0.2) is 12.1 Å². The Hall–Kier alpha value is -1.27. The van der Waals surface area contributed by atoms with Gasteiger partial charge in [-0.25, -0.2) is 4.79 Å². The van der Waals surface area contributed by atoms with E-state index < -0.39 is 18.0 Å². The van der Waals surface area contributed by atoms with E-state index in [0.29, 0.717) is 4.34 Å². The lowest BCUT2D eigenvalue weighted by Crippen LogP contribution is -2.44. The number of rotatable bonds is 4. The quantitative estimate of drug-likeness (QED) is 0.789. The fourth-order valence-corrected chi connectivity index (χ4v) is 2.19. The summed E-state index contributed by atoms with van der Waals surface area (Å²) >= 11 is 7.15. The van der Waals surface area contributed by atoms with Crippen LogP contribution in [-0.2, 0) is 4.79 Å². The Kier molecular flexibility index (Phi) is 4.77. The summed E-state index contributed by atoms with van der Waals surface area (Å²) in [5.41, 5.74) is 0. The van der Waals surface area contributed by atoms with Gasteiger partial charge < -0.3 is 15.7 Å². The summed E-state index contributed by atoms with van der Waals surface area (Å²) in [4.78, 5) is 22.9. The number of thiophene rings is 1. The van der Waals surface area contributed by atoms with Crippen LogP contribution < -0.4 is 10.6 Å². The third-order valence-electron chi connectivity index (χ3n) is 2.09. The zero-order chi connectivity index (χ0) is 13.0. The third-order valence-corrected chi connectivity index (χ3v) is 3.50. The molecule has 0 saturated heterocycles. The Morgan fingerprint density at radius 3 is 2.47 bits per heavy atom. The predicted molar refractivity (Wildman–Crippen MR) is 66.5 cm³/mol. The lowest BCUT2D eigenvalue weighted by atomic mass is 10.3. The number of halogens is 1. The molecule has 1 unspecified atom stereocenters. The average molecular weight is 277 g/mol. The molecule has 1 rings (SSSR count). The highest BCUT2D eigenvalue weighted by Crippen LogP contribution is 2.26. The van der Waals surface area contributed by atoms with Crippen LogP contribution in [-0.4, -0.2) is 23.1 Å². The molecular formula is C10H13ClN2O3S. The van der Waals surface area contributed by atoms with Crippen molar-refractivity contribution >= 4 is 34.9 Å². The summed E-state index contributed by atoms with van der Waals surface area (Å²) in [6.07, 6.45) is 0. The number of hydrogen-bond acceptors (Lipinski definition) is 3. The number of carboxylic acid groups (broad SMARTS) is 1. The van der Waals surface area contributed by atoms with Gasteiger partial charge >= 0.3 is 12.0 Å². The summed E-state index contributed by atoms with van der Waals surface area (Å²) in [5, 5.41) is 13.6. The molecule has 1 aromatic rings. The van der Waals surface area contributed by atoms with Gasteiger partial charge in [0.25, 0.3) is 0 Å². The molecule has 0 aliphatic heterocycles. The van der Waals surface area contributed by atoms with E-state index in [4.69, 9.17) is 16.7 Å². The fraction of sp³-hybridized carbons (Fsp3) is 0.400. The minimum atomic E-state index is -1.08. The lowest BCUT2D eigenvalue weighted by Gasteiger charge is -2.15. The van der Waals surface area contributed by atoms with E-state index in [1.807, 2.05) is 6.07 Å². The largest absolute Gasteiger partial charge is 0.480 e. The molecule has 2 amide bonds. The fourth-order valence-electron chi connectivity index (χ4n) is 1.13. The van der Waals surface area contributed by atoms with Gasteiger partial charge in [0.2, 0.25) is 0 Å². The van der Waals surface area contributed by atoms with Gasteiger partial charge in [-0.2, -0.15) is 0 Å². The highest BCUT2D eigenvalue weighted by atomic mass is 35.5. The molecule has 0 aliphatic carbocycles. The standard InChI is InChI=1S/C10H13ClN2O3S/c1-5(7-3-4-8(11)17-7)12-10(16)13-6(2)9(14)15/h3-6H,1-2H3,(H,14,15)(H2,12,13,16)/t5?,6-/m0/s1. The molecule has 0 bridgehead atoms. The Labute approximate surface area is 108 Å². The SMILES string of the molecule is CC(NC(=O)N[C@@H](C)C(=O)O)c1ccc(Cl)s1. The first-order valence-electron chi connectivity index (χ1n) is 4.95. The maximum Gasteiger partial charge on any atom is 0.325 e. The molecule has 0 spiro atoms. The van der Waals surface area contributed by atoms with Crippen LogP contribution in [0.1, 0.15) is 24.8 Å². The normalized spacial score (nSPS) is 13.8. The highest BCUT2D eigenvalue weighted by Gasteiger charge is 2.16. The molecule has 5 nitrogen and oxygen atoms in total. The molecule has 0 aliphatic rings. The predicted octanol–water partition coefficient (Wildman–Crippen LogP) is 2.23. The zero-order valence-corrected chi connectivity index (χ0v) is 10.9. The van der Waals surface area contributed by atoms with Gasteiger partial charge in [0.05, 0.1) is 10.4 Å². The van der Waals surface area contributed by atoms with Gasteiger partial charge in [-0.1, -0.05) is 11.6 Å². The van der Waals surface area contributed by atoms with Crippen LogP contribution >= 0.6 is 22.9 Å². The van der Waals surface area contributed by atoms with E-state index in [-0.39, 0.29) is 6.04 Å². The second kappa shape index (κ2) is 5.88. The van der Waals surface area contributed by atoms with E-state index in [0.717, 1.165) is 4.88 Å². The van der Waals surface area contributed by atoms with Gasteiger partial charge in [-0.05, 0) is 26.0 Å². The second-order valence-electron chi connectivity index (χ2n) is 3.54. The number of carbonyl (C=O) groups is 2. The molecule has 0 fully saturated rings. The monoisotopic (exact) mass is 276 g/mol. The van der Waals surface area contributed by atoms with Gasteiger partial charge in [0.15, 0.2) is 0 Å². The number of aliphatic carboxylic acids is 1. The van der Waals surface area contributed by atoms with E-state index in [1.165, 1.54) is 18.3 Å². The smallest absolute Gasteiger partial charge is 0.325 e. The molecule has 17 heavy (non-hydrogen) atoms. The summed E-state index contributed by atoms with van der Waals surface area (Å²) < 4.78 is 0.646. The summed E-state index contributed by atoms with van der Waals surface area (Å²) in [6.45, 7) is 3.20. The number of urea groups is 1. The van der Waals surface area contributed by atoms with E-state index >= 15 is 0 Å². The van der Waals surface area contributed by atoms with Crippen LogP contribution in [0, 0.1) is 0 Å². The molecule has 7 heteroatoms. The Bertz CT molecular complexity index is 421.